The van der Waals surface area contributed by atoms with Crippen molar-refractivity contribution in [2.75, 3.05) is 7.11 Å². The molecule has 0 N–H and O–H groups in total. The lowest BCUT2D eigenvalue weighted by molar-refractivity contribution is -0.119. The molecule has 1 rings (SSSR count). The number of unbranched alkanes of at least 4 members (excludes halogenated alkanes) is 4. The Bertz CT molecular complexity index is 434. The Kier molecular flexibility index (Phi) is 9.49. The topological polar surface area (TPSA) is 26.3 Å². The summed E-state index contributed by atoms with van der Waals surface area (Å²) in [5.41, 5.74) is 2.59. The van der Waals surface area contributed by atoms with Crippen molar-refractivity contribution in [1.82, 2.24) is 0 Å². The van der Waals surface area contributed by atoms with Crippen LogP contribution in [0.1, 0.15) is 63.0 Å². The number of carbonyl (C=O) groups excluding carboxylic acids is 1. The fourth-order valence-electron chi connectivity index (χ4n) is 2.68. The Hall–Kier alpha value is -1.41. The summed E-state index contributed by atoms with van der Waals surface area (Å²) in [4.78, 5) is 11.1. The number of methoxy groups -OCH3 is 1. The van der Waals surface area contributed by atoms with Gasteiger partial charge in [-0.15, -0.1) is 0 Å². The molecule has 0 spiro atoms. The van der Waals surface area contributed by atoms with Crippen molar-refractivity contribution < 1.29 is 9.53 Å². The summed E-state index contributed by atoms with van der Waals surface area (Å²) in [5, 5.41) is 0. The highest BCUT2D eigenvalue weighted by Crippen LogP contribution is 2.14. The van der Waals surface area contributed by atoms with Gasteiger partial charge in [0.2, 0.25) is 0 Å². The molecule has 0 bridgehead atoms. The first-order valence-corrected chi connectivity index (χ1v) is 8.39. The van der Waals surface area contributed by atoms with Gasteiger partial charge in [-0.05, 0) is 37.3 Å². The van der Waals surface area contributed by atoms with Crippen molar-refractivity contribution in [1.29, 1.82) is 0 Å². The summed E-state index contributed by atoms with van der Waals surface area (Å²) in [6, 6.07) is 8.65. The van der Waals surface area contributed by atoms with Gasteiger partial charge in [-0.1, -0.05) is 62.6 Å². The Morgan fingerprint density at radius 2 is 1.77 bits per heavy atom. The first kappa shape index (κ1) is 18.6. The molecule has 0 aliphatic heterocycles. The first-order valence-electron chi connectivity index (χ1n) is 8.39. The number of carbonyl (C=O) groups is 1. The zero-order valence-corrected chi connectivity index (χ0v) is 14.1. The van der Waals surface area contributed by atoms with Crippen molar-refractivity contribution >= 4 is 11.9 Å². The highest BCUT2D eigenvalue weighted by atomic mass is 16.5. The van der Waals surface area contributed by atoms with Crippen LogP contribution >= 0.6 is 0 Å². The van der Waals surface area contributed by atoms with E-state index in [4.69, 9.17) is 4.74 Å². The predicted octanol–water partition coefficient (Wildman–Crippen LogP) is 5.21. The van der Waals surface area contributed by atoms with E-state index in [1.165, 1.54) is 36.8 Å². The summed E-state index contributed by atoms with van der Waals surface area (Å²) >= 11 is 0. The molecule has 1 aromatic carbocycles. The molecule has 0 fully saturated rings. The van der Waals surface area contributed by atoms with Crippen LogP contribution in [-0.2, 0) is 16.0 Å². The van der Waals surface area contributed by atoms with E-state index in [9.17, 15) is 4.79 Å². The monoisotopic (exact) mass is 302 g/mol. The van der Waals surface area contributed by atoms with Crippen LogP contribution in [0, 0.1) is 0 Å². The third kappa shape index (κ3) is 8.14. The smallest absolute Gasteiger partial charge is 0.132 e. The van der Waals surface area contributed by atoms with Gasteiger partial charge >= 0.3 is 0 Å². The molecule has 0 aliphatic carbocycles. The summed E-state index contributed by atoms with van der Waals surface area (Å²) < 4.78 is 5.34. The van der Waals surface area contributed by atoms with E-state index in [1.54, 1.807) is 14.0 Å². The standard InChI is InChI=1S/C20H30O2/c1-4-18-12-14-19(15-13-18)10-8-6-5-7-9-11-20(22-3)16-17(2)21/h4,12-15,20H,1,5-11,16H2,2-3H3. The van der Waals surface area contributed by atoms with Gasteiger partial charge in [0.25, 0.3) is 0 Å². The van der Waals surface area contributed by atoms with E-state index in [1.807, 2.05) is 6.08 Å². The number of rotatable bonds is 12. The van der Waals surface area contributed by atoms with E-state index in [0.29, 0.717) is 6.42 Å². The van der Waals surface area contributed by atoms with Crippen LogP contribution in [0.15, 0.2) is 30.8 Å². The van der Waals surface area contributed by atoms with Gasteiger partial charge in [0.05, 0.1) is 6.10 Å². The Balaban J connectivity index is 2.05. The third-order valence-electron chi connectivity index (χ3n) is 4.06. The Morgan fingerprint density at radius 1 is 1.14 bits per heavy atom. The van der Waals surface area contributed by atoms with Gasteiger partial charge in [-0.2, -0.15) is 0 Å². The minimum Gasteiger partial charge on any atom is -0.381 e. The second kappa shape index (κ2) is 11.2. The molecule has 2 heteroatoms. The fourth-order valence-corrected chi connectivity index (χ4v) is 2.68. The van der Waals surface area contributed by atoms with Gasteiger partial charge in [0, 0.05) is 13.5 Å². The molecule has 1 unspecified atom stereocenters. The number of Topliss-reactive ketones (excluding diaryl/α,β-unsaturated/α-hetero) is 1. The number of ketones is 1. The highest BCUT2D eigenvalue weighted by molar-refractivity contribution is 5.75. The maximum absolute atomic E-state index is 11.1. The maximum Gasteiger partial charge on any atom is 0.132 e. The number of hydrogen-bond donors (Lipinski definition) is 0. The van der Waals surface area contributed by atoms with E-state index in [2.05, 4.69) is 30.8 Å². The van der Waals surface area contributed by atoms with E-state index >= 15 is 0 Å². The summed E-state index contributed by atoms with van der Waals surface area (Å²) in [5.74, 6) is 0.217. The van der Waals surface area contributed by atoms with E-state index in [-0.39, 0.29) is 11.9 Å². The molecule has 0 heterocycles. The number of ether oxygens (including phenoxy) is 1. The lowest BCUT2D eigenvalue weighted by Gasteiger charge is -2.13. The quantitative estimate of drug-likeness (QED) is 0.496. The predicted molar refractivity (Wildman–Crippen MR) is 94.0 cm³/mol. The van der Waals surface area contributed by atoms with Gasteiger partial charge in [-0.3, -0.25) is 4.79 Å². The fraction of sp³-hybridized carbons (Fsp3) is 0.550. The van der Waals surface area contributed by atoms with Gasteiger partial charge < -0.3 is 4.74 Å². The summed E-state index contributed by atoms with van der Waals surface area (Å²) in [6.45, 7) is 5.40. The first-order chi connectivity index (χ1) is 10.7. The lowest BCUT2D eigenvalue weighted by Crippen LogP contribution is -2.14. The molecular formula is C20H30O2. The van der Waals surface area contributed by atoms with Crippen LogP contribution in [0.3, 0.4) is 0 Å². The second-order valence-electron chi connectivity index (χ2n) is 6.02. The van der Waals surface area contributed by atoms with Gasteiger partial charge in [0.1, 0.15) is 5.78 Å². The normalized spacial score (nSPS) is 12.1. The molecule has 1 atom stereocenters. The maximum atomic E-state index is 11.1. The molecule has 0 saturated heterocycles. The minimum absolute atomic E-state index is 0.112. The van der Waals surface area contributed by atoms with Crippen LogP contribution in [0.2, 0.25) is 0 Å². The minimum atomic E-state index is 0.112. The average Bonchev–Trinajstić information content (AvgIpc) is 2.53. The number of benzene rings is 1. The Labute approximate surface area is 135 Å². The molecule has 0 aromatic heterocycles. The number of hydrogen-bond acceptors (Lipinski definition) is 2. The largest absolute Gasteiger partial charge is 0.381 e. The van der Waals surface area contributed by atoms with Gasteiger partial charge in [0.15, 0.2) is 0 Å². The zero-order valence-electron chi connectivity index (χ0n) is 14.1. The van der Waals surface area contributed by atoms with E-state index < -0.39 is 0 Å². The van der Waals surface area contributed by atoms with Crippen molar-refractivity contribution in [3.63, 3.8) is 0 Å². The average molecular weight is 302 g/mol. The third-order valence-corrected chi connectivity index (χ3v) is 4.06. The summed E-state index contributed by atoms with van der Waals surface area (Å²) in [6.07, 6.45) is 10.9. The SMILES string of the molecule is C=Cc1ccc(CCCCCCCC(CC(C)=O)OC)cc1. The second-order valence-corrected chi connectivity index (χ2v) is 6.02. The molecular weight excluding hydrogens is 272 g/mol. The van der Waals surface area contributed by atoms with Gasteiger partial charge in [-0.25, -0.2) is 0 Å². The molecule has 0 radical (unpaired) electrons. The number of aryl methyl sites for hydroxylation is 1. The molecule has 0 amide bonds. The van der Waals surface area contributed by atoms with Crippen molar-refractivity contribution in [2.24, 2.45) is 0 Å². The van der Waals surface area contributed by atoms with Crippen LogP contribution in [-0.4, -0.2) is 19.0 Å². The molecule has 0 saturated carbocycles. The summed E-state index contributed by atoms with van der Waals surface area (Å²) in [7, 11) is 1.70. The highest BCUT2D eigenvalue weighted by Gasteiger charge is 2.09. The molecule has 1 aromatic rings. The van der Waals surface area contributed by atoms with Crippen LogP contribution < -0.4 is 0 Å². The van der Waals surface area contributed by atoms with Crippen molar-refractivity contribution in [3.8, 4) is 0 Å². The molecule has 22 heavy (non-hydrogen) atoms. The van der Waals surface area contributed by atoms with Crippen molar-refractivity contribution in [2.45, 2.75) is 64.4 Å². The lowest BCUT2D eigenvalue weighted by atomic mass is 10.0. The molecule has 2 nitrogen and oxygen atoms in total. The van der Waals surface area contributed by atoms with E-state index in [0.717, 1.165) is 19.3 Å². The van der Waals surface area contributed by atoms with Crippen molar-refractivity contribution in [3.05, 3.63) is 42.0 Å². The van der Waals surface area contributed by atoms with Crippen LogP contribution in [0.5, 0.6) is 0 Å². The molecule has 122 valence electrons. The molecule has 0 aliphatic rings. The Morgan fingerprint density at radius 3 is 2.36 bits per heavy atom. The van der Waals surface area contributed by atoms with Crippen LogP contribution in [0.25, 0.3) is 6.08 Å². The zero-order chi connectivity index (χ0) is 16.2. The van der Waals surface area contributed by atoms with Crippen LogP contribution in [0.4, 0.5) is 0 Å².